The van der Waals surface area contributed by atoms with Crippen molar-refractivity contribution in [2.45, 2.75) is 51.7 Å². The fourth-order valence-electron chi connectivity index (χ4n) is 2.63. The van der Waals surface area contributed by atoms with Crippen molar-refractivity contribution < 1.29 is 0 Å². The highest BCUT2D eigenvalue weighted by Crippen LogP contribution is 2.10. The van der Waals surface area contributed by atoms with Crippen LogP contribution in [0.3, 0.4) is 0 Å². The molecule has 1 aliphatic heterocycles. The summed E-state index contributed by atoms with van der Waals surface area (Å²) in [6.07, 6.45) is 9.66. The quantitative estimate of drug-likeness (QED) is 0.800. The molecule has 0 saturated carbocycles. The minimum atomic E-state index is 0.634. The highest BCUT2D eigenvalue weighted by molar-refractivity contribution is 4.79. The molecule has 102 valence electrons. The lowest BCUT2D eigenvalue weighted by molar-refractivity contribution is 0.197. The van der Waals surface area contributed by atoms with Gasteiger partial charge in [0.15, 0.2) is 0 Å². The molecule has 4 nitrogen and oxygen atoms in total. The number of hydrogen-bond acceptors (Lipinski definition) is 3. The molecule has 18 heavy (non-hydrogen) atoms. The Bertz CT molecular complexity index is 315. The van der Waals surface area contributed by atoms with Crippen LogP contribution in [0.5, 0.6) is 0 Å². The number of aryl methyl sites for hydroxylation is 1. The van der Waals surface area contributed by atoms with Crippen LogP contribution in [-0.2, 0) is 6.54 Å². The first-order valence-corrected chi connectivity index (χ1v) is 7.19. The molecule has 1 aromatic heterocycles. The van der Waals surface area contributed by atoms with Crippen molar-refractivity contribution >= 4 is 0 Å². The number of nitrogens with zero attached hydrogens (tertiary/aromatic N) is 3. The molecule has 1 unspecified atom stereocenters. The van der Waals surface area contributed by atoms with Gasteiger partial charge in [-0.05, 0) is 39.7 Å². The van der Waals surface area contributed by atoms with E-state index in [4.69, 9.17) is 0 Å². The van der Waals surface area contributed by atoms with E-state index in [1.165, 1.54) is 38.9 Å². The van der Waals surface area contributed by atoms with Gasteiger partial charge >= 0.3 is 0 Å². The van der Waals surface area contributed by atoms with Crippen molar-refractivity contribution in [1.82, 2.24) is 19.8 Å². The molecule has 0 spiro atoms. The van der Waals surface area contributed by atoms with Gasteiger partial charge in [-0.3, -0.25) is 4.90 Å². The Kier molecular flexibility index (Phi) is 5.20. The van der Waals surface area contributed by atoms with E-state index in [-0.39, 0.29) is 0 Å². The molecule has 1 fully saturated rings. The molecule has 4 heteroatoms. The van der Waals surface area contributed by atoms with Crippen LogP contribution in [0.4, 0.5) is 0 Å². The fraction of sp³-hybridized carbons (Fsp3) is 0.786. The first kappa shape index (κ1) is 13.6. The van der Waals surface area contributed by atoms with Gasteiger partial charge in [-0.25, -0.2) is 4.98 Å². The molecule has 0 bridgehead atoms. The van der Waals surface area contributed by atoms with Crippen molar-refractivity contribution in [3.63, 3.8) is 0 Å². The van der Waals surface area contributed by atoms with Crippen LogP contribution >= 0.6 is 0 Å². The Hall–Kier alpha value is -0.870. The third-order valence-electron chi connectivity index (χ3n) is 3.77. The van der Waals surface area contributed by atoms with E-state index in [9.17, 15) is 0 Å². The first-order chi connectivity index (χ1) is 8.75. The lowest BCUT2D eigenvalue weighted by Gasteiger charge is -2.29. The average Bonchev–Trinajstić information content (AvgIpc) is 2.99. The predicted octanol–water partition coefficient (Wildman–Crippen LogP) is 1.74. The summed E-state index contributed by atoms with van der Waals surface area (Å²) >= 11 is 0. The molecule has 1 atom stereocenters. The third kappa shape index (κ3) is 4.10. The van der Waals surface area contributed by atoms with Gasteiger partial charge in [0.1, 0.15) is 0 Å². The molecule has 0 amide bonds. The van der Waals surface area contributed by atoms with Gasteiger partial charge in [0.2, 0.25) is 0 Å². The van der Waals surface area contributed by atoms with Crippen LogP contribution in [0.25, 0.3) is 0 Å². The van der Waals surface area contributed by atoms with Gasteiger partial charge in [-0.15, -0.1) is 0 Å². The molecular weight excluding hydrogens is 224 g/mol. The van der Waals surface area contributed by atoms with Crippen LogP contribution in [0.1, 0.15) is 33.1 Å². The number of aromatic nitrogens is 2. The monoisotopic (exact) mass is 250 g/mol. The fourth-order valence-corrected chi connectivity index (χ4v) is 2.63. The molecular formula is C14H26N4. The normalized spacial score (nSPS) is 20.1. The maximum Gasteiger partial charge on any atom is 0.0945 e. The molecule has 1 aromatic rings. The average molecular weight is 250 g/mol. The summed E-state index contributed by atoms with van der Waals surface area (Å²) in [5, 5.41) is 3.59. The van der Waals surface area contributed by atoms with Crippen LogP contribution in [0, 0.1) is 0 Å². The van der Waals surface area contributed by atoms with E-state index in [1.54, 1.807) is 0 Å². The zero-order valence-electron chi connectivity index (χ0n) is 11.7. The van der Waals surface area contributed by atoms with Crippen molar-refractivity contribution in [1.29, 1.82) is 0 Å². The SMILES string of the molecule is CC(C)N(CCCn1ccnc1)CC1CCCN1. The molecule has 1 N–H and O–H groups in total. The minimum Gasteiger partial charge on any atom is -0.337 e. The topological polar surface area (TPSA) is 33.1 Å². The number of nitrogens with one attached hydrogen (secondary N) is 1. The van der Waals surface area contributed by atoms with E-state index in [0.29, 0.717) is 12.1 Å². The van der Waals surface area contributed by atoms with Gasteiger partial charge in [0.05, 0.1) is 6.33 Å². The lowest BCUT2D eigenvalue weighted by atomic mass is 10.2. The van der Waals surface area contributed by atoms with Gasteiger partial charge in [-0.2, -0.15) is 0 Å². The van der Waals surface area contributed by atoms with Gasteiger partial charge in [0.25, 0.3) is 0 Å². The summed E-state index contributed by atoms with van der Waals surface area (Å²) in [4.78, 5) is 6.67. The molecule has 1 aliphatic rings. The second-order valence-corrected chi connectivity index (χ2v) is 5.54. The molecule has 1 saturated heterocycles. The zero-order chi connectivity index (χ0) is 12.8. The smallest absolute Gasteiger partial charge is 0.0945 e. The van der Waals surface area contributed by atoms with Crippen LogP contribution in [0.2, 0.25) is 0 Å². The van der Waals surface area contributed by atoms with Crippen LogP contribution in [-0.4, -0.2) is 46.2 Å². The number of hydrogen-bond donors (Lipinski definition) is 1. The summed E-state index contributed by atoms with van der Waals surface area (Å²) in [5.41, 5.74) is 0. The van der Waals surface area contributed by atoms with Crippen LogP contribution in [0.15, 0.2) is 18.7 Å². The molecule has 0 aromatic carbocycles. The zero-order valence-corrected chi connectivity index (χ0v) is 11.7. The van der Waals surface area contributed by atoms with Crippen molar-refractivity contribution in [3.05, 3.63) is 18.7 Å². The molecule has 2 rings (SSSR count). The molecule has 0 radical (unpaired) electrons. The van der Waals surface area contributed by atoms with E-state index >= 15 is 0 Å². The Balaban J connectivity index is 1.71. The Morgan fingerprint density at radius 3 is 3.00 bits per heavy atom. The maximum atomic E-state index is 4.08. The van der Waals surface area contributed by atoms with Crippen molar-refractivity contribution in [2.24, 2.45) is 0 Å². The highest BCUT2D eigenvalue weighted by atomic mass is 15.2. The maximum absolute atomic E-state index is 4.08. The van der Waals surface area contributed by atoms with E-state index in [0.717, 1.165) is 6.54 Å². The highest BCUT2D eigenvalue weighted by Gasteiger charge is 2.19. The second kappa shape index (κ2) is 6.90. The summed E-state index contributed by atoms with van der Waals surface area (Å²) in [5.74, 6) is 0. The predicted molar refractivity (Wildman–Crippen MR) is 74.6 cm³/mol. The summed E-state index contributed by atoms with van der Waals surface area (Å²) in [6, 6.07) is 1.34. The van der Waals surface area contributed by atoms with E-state index < -0.39 is 0 Å². The Morgan fingerprint density at radius 1 is 1.50 bits per heavy atom. The third-order valence-corrected chi connectivity index (χ3v) is 3.77. The molecule has 0 aliphatic carbocycles. The van der Waals surface area contributed by atoms with Crippen LogP contribution < -0.4 is 5.32 Å². The Labute approximate surface area is 110 Å². The van der Waals surface area contributed by atoms with E-state index in [1.807, 2.05) is 18.7 Å². The summed E-state index contributed by atoms with van der Waals surface area (Å²) in [6.45, 7) is 9.24. The van der Waals surface area contributed by atoms with Gasteiger partial charge in [0, 0.05) is 44.1 Å². The Morgan fingerprint density at radius 2 is 2.39 bits per heavy atom. The molecule has 2 heterocycles. The van der Waals surface area contributed by atoms with Gasteiger partial charge in [-0.1, -0.05) is 0 Å². The van der Waals surface area contributed by atoms with Crippen molar-refractivity contribution in [2.75, 3.05) is 19.6 Å². The lowest BCUT2D eigenvalue weighted by Crippen LogP contribution is -2.41. The second-order valence-electron chi connectivity index (χ2n) is 5.54. The summed E-state index contributed by atoms with van der Waals surface area (Å²) in [7, 11) is 0. The van der Waals surface area contributed by atoms with E-state index in [2.05, 4.69) is 33.6 Å². The first-order valence-electron chi connectivity index (χ1n) is 7.19. The standard InChI is InChI=1S/C14H26N4/c1-13(2)18(11-14-5-3-6-16-14)9-4-8-17-10-7-15-12-17/h7,10,12-14,16H,3-6,8-9,11H2,1-2H3. The number of imidazole rings is 1. The van der Waals surface area contributed by atoms with Gasteiger partial charge < -0.3 is 9.88 Å². The minimum absolute atomic E-state index is 0.634. The largest absolute Gasteiger partial charge is 0.337 e. The van der Waals surface area contributed by atoms with Crippen molar-refractivity contribution in [3.8, 4) is 0 Å². The number of rotatable bonds is 7. The summed E-state index contributed by atoms with van der Waals surface area (Å²) < 4.78 is 2.16.